The minimum absolute atomic E-state index is 0.154. The number of aromatic nitrogens is 1. The zero-order chi connectivity index (χ0) is 23.8. The molecule has 2 atom stereocenters. The third kappa shape index (κ3) is 4.22. The molecule has 2 aromatic carbocycles. The second kappa shape index (κ2) is 9.24. The molecule has 0 aliphatic carbocycles. The predicted molar refractivity (Wildman–Crippen MR) is 142 cm³/mol. The van der Waals surface area contributed by atoms with Crippen molar-refractivity contribution in [3.63, 3.8) is 0 Å². The van der Waals surface area contributed by atoms with Crippen molar-refractivity contribution in [1.29, 1.82) is 0 Å². The average Bonchev–Trinajstić information content (AvgIpc) is 3.46. The van der Waals surface area contributed by atoms with E-state index in [9.17, 15) is 0 Å². The van der Waals surface area contributed by atoms with Gasteiger partial charge in [-0.05, 0) is 78.7 Å². The van der Waals surface area contributed by atoms with Gasteiger partial charge in [-0.15, -0.1) is 0 Å². The molecule has 0 unspecified atom stereocenters. The largest absolute Gasteiger partial charge is 0.459 e. The van der Waals surface area contributed by atoms with Crippen LogP contribution in [0.3, 0.4) is 0 Å². The van der Waals surface area contributed by atoms with Gasteiger partial charge >= 0.3 is 0 Å². The van der Waals surface area contributed by atoms with Gasteiger partial charge in [-0.25, -0.2) is 0 Å². The van der Waals surface area contributed by atoms with Crippen LogP contribution in [0, 0.1) is 6.92 Å². The number of anilines is 1. The Morgan fingerprint density at radius 3 is 2.50 bits per heavy atom. The standard InChI is InChI=1S/C28H26ClN3OS/c1-17(2)19-9-11-21(12-10-19)32-27(26(31-28(32)34)23-6-4-5-15-30-23)25-14-13-24(33-25)20-8-7-18(3)22(29)16-20/h4-17,26-27H,1-3H3,(H,31,34)/t26-,27+/m1/s1. The summed E-state index contributed by atoms with van der Waals surface area (Å²) in [6, 6.07) is 24.1. The maximum atomic E-state index is 6.43. The van der Waals surface area contributed by atoms with Gasteiger partial charge in [-0.2, -0.15) is 0 Å². The van der Waals surface area contributed by atoms with E-state index in [0.29, 0.717) is 11.0 Å². The summed E-state index contributed by atoms with van der Waals surface area (Å²) in [6.07, 6.45) is 1.80. The average molecular weight is 488 g/mol. The van der Waals surface area contributed by atoms with Gasteiger partial charge in [0.2, 0.25) is 0 Å². The highest BCUT2D eigenvalue weighted by atomic mass is 35.5. The summed E-state index contributed by atoms with van der Waals surface area (Å²) in [5.41, 5.74) is 5.19. The van der Waals surface area contributed by atoms with Crippen molar-refractivity contribution < 1.29 is 4.42 Å². The van der Waals surface area contributed by atoms with Gasteiger partial charge in [0.05, 0.1) is 11.7 Å². The highest BCUT2D eigenvalue weighted by molar-refractivity contribution is 7.80. The first-order chi connectivity index (χ1) is 16.4. The molecule has 6 heteroatoms. The molecule has 0 spiro atoms. The third-order valence-corrected chi connectivity index (χ3v) is 7.03. The highest BCUT2D eigenvalue weighted by Crippen LogP contribution is 2.43. The number of halogens is 1. The molecule has 0 amide bonds. The van der Waals surface area contributed by atoms with Crippen LogP contribution in [0.5, 0.6) is 0 Å². The van der Waals surface area contributed by atoms with Crippen molar-refractivity contribution in [2.24, 2.45) is 0 Å². The number of pyridine rings is 1. The van der Waals surface area contributed by atoms with Crippen LogP contribution in [0.25, 0.3) is 11.3 Å². The second-order valence-electron chi connectivity index (χ2n) is 8.91. The van der Waals surface area contributed by atoms with Crippen molar-refractivity contribution in [3.05, 3.63) is 107 Å². The van der Waals surface area contributed by atoms with Gasteiger partial charge in [0.15, 0.2) is 5.11 Å². The van der Waals surface area contributed by atoms with Crippen LogP contribution in [-0.2, 0) is 0 Å². The molecule has 5 rings (SSSR count). The van der Waals surface area contributed by atoms with Crippen LogP contribution in [0.4, 0.5) is 5.69 Å². The Kier molecular flexibility index (Phi) is 6.15. The lowest BCUT2D eigenvalue weighted by atomic mass is 10.0. The Morgan fingerprint density at radius 2 is 1.82 bits per heavy atom. The molecule has 0 saturated carbocycles. The second-order valence-corrected chi connectivity index (χ2v) is 9.70. The first kappa shape index (κ1) is 22.6. The molecule has 4 aromatic rings. The summed E-state index contributed by atoms with van der Waals surface area (Å²) < 4.78 is 6.43. The van der Waals surface area contributed by atoms with Crippen LogP contribution in [0.1, 0.15) is 54.4 Å². The zero-order valence-electron chi connectivity index (χ0n) is 19.3. The van der Waals surface area contributed by atoms with Crippen molar-refractivity contribution in [1.82, 2.24) is 10.3 Å². The smallest absolute Gasteiger partial charge is 0.174 e. The van der Waals surface area contributed by atoms with Crippen molar-refractivity contribution in [2.45, 2.75) is 38.8 Å². The lowest BCUT2D eigenvalue weighted by Gasteiger charge is -2.26. The van der Waals surface area contributed by atoms with Gasteiger partial charge in [0, 0.05) is 22.5 Å². The van der Waals surface area contributed by atoms with Gasteiger partial charge in [-0.1, -0.05) is 55.8 Å². The van der Waals surface area contributed by atoms with Gasteiger partial charge in [-0.3, -0.25) is 4.98 Å². The molecule has 0 radical (unpaired) electrons. The number of thiocarbonyl (C=S) groups is 1. The summed E-state index contributed by atoms with van der Waals surface area (Å²) in [4.78, 5) is 6.74. The van der Waals surface area contributed by atoms with E-state index in [-0.39, 0.29) is 12.1 Å². The minimum atomic E-state index is -0.193. The monoisotopic (exact) mass is 487 g/mol. The summed E-state index contributed by atoms with van der Waals surface area (Å²) in [5.74, 6) is 2.04. The van der Waals surface area contributed by atoms with Crippen LogP contribution in [0.15, 0.2) is 83.4 Å². The van der Waals surface area contributed by atoms with E-state index < -0.39 is 0 Å². The number of benzene rings is 2. The number of rotatable bonds is 5. The molecule has 0 bridgehead atoms. The van der Waals surface area contributed by atoms with E-state index in [1.807, 2.05) is 55.5 Å². The molecular weight excluding hydrogens is 462 g/mol. The molecular formula is C28H26ClN3OS. The van der Waals surface area contributed by atoms with E-state index >= 15 is 0 Å². The summed E-state index contributed by atoms with van der Waals surface area (Å²) in [7, 11) is 0. The Hall–Kier alpha value is -3.15. The Morgan fingerprint density at radius 1 is 1.03 bits per heavy atom. The number of hydrogen-bond donors (Lipinski definition) is 1. The van der Waals surface area contributed by atoms with Gasteiger partial charge < -0.3 is 14.6 Å². The van der Waals surface area contributed by atoms with Crippen molar-refractivity contribution >= 4 is 34.6 Å². The molecule has 34 heavy (non-hydrogen) atoms. The van der Waals surface area contributed by atoms with Crippen LogP contribution >= 0.6 is 23.8 Å². The molecule has 1 N–H and O–H groups in total. The van der Waals surface area contributed by atoms with Gasteiger partial charge in [0.1, 0.15) is 17.6 Å². The fourth-order valence-electron chi connectivity index (χ4n) is 4.35. The first-order valence-corrected chi connectivity index (χ1v) is 12.2. The van der Waals surface area contributed by atoms with Crippen molar-refractivity contribution in [2.75, 3.05) is 4.90 Å². The molecule has 3 heterocycles. The molecule has 1 fully saturated rings. The summed E-state index contributed by atoms with van der Waals surface area (Å²) in [6.45, 7) is 6.38. The molecule has 1 aliphatic rings. The fourth-order valence-corrected chi connectivity index (χ4v) is 4.88. The Labute approximate surface area is 210 Å². The fraction of sp³-hybridized carbons (Fsp3) is 0.214. The summed E-state index contributed by atoms with van der Waals surface area (Å²) >= 11 is 12.2. The predicted octanol–water partition coefficient (Wildman–Crippen LogP) is 7.60. The van der Waals surface area contributed by atoms with E-state index in [4.69, 9.17) is 28.2 Å². The minimum Gasteiger partial charge on any atom is -0.459 e. The van der Waals surface area contributed by atoms with E-state index in [2.05, 4.69) is 53.3 Å². The number of hydrogen-bond acceptors (Lipinski definition) is 3. The number of furan rings is 1. The lowest BCUT2D eigenvalue weighted by Crippen LogP contribution is -2.29. The Balaban J connectivity index is 1.57. The maximum absolute atomic E-state index is 6.43. The van der Waals surface area contributed by atoms with E-state index in [1.165, 1.54) is 5.56 Å². The van der Waals surface area contributed by atoms with E-state index in [0.717, 1.165) is 39.1 Å². The SMILES string of the molecule is Cc1ccc(-c2ccc([C@H]3[C@@H](c4ccccn4)NC(=S)N3c3ccc(C(C)C)cc3)o2)cc1Cl. The highest BCUT2D eigenvalue weighted by Gasteiger charge is 2.42. The molecule has 172 valence electrons. The topological polar surface area (TPSA) is 41.3 Å². The normalized spacial score (nSPS) is 17.9. The molecule has 4 nitrogen and oxygen atoms in total. The zero-order valence-corrected chi connectivity index (χ0v) is 20.9. The molecule has 1 saturated heterocycles. The lowest BCUT2D eigenvalue weighted by molar-refractivity contribution is 0.439. The number of nitrogens with one attached hydrogen (secondary N) is 1. The molecule has 1 aliphatic heterocycles. The third-order valence-electron chi connectivity index (χ3n) is 6.31. The number of nitrogens with zero attached hydrogens (tertiary/aromatic N) is 2. The number of aryl methyl sites for hydroxylation is 1. The molecule has 2 aromatic heterocycles. The first-order valence-electron chi connectivity index (χ1n) is 11.4. The van der Waals surface area contributed by atoms with Crippen LogP contribution in [-0.4, -0.2) is 10.1 Å². The van der Waals surface area contributed by atoms with E-state index in [1.54, 1.807) is 6.20 Å². The van der Waals surface area contributed by atoms with Crippen LogP contribution < -0.4 is 10.2 Å². The van der Waals surface area contributed by atoms with Gasteiger partial charge in [0.25, 0.3) is 0 Å². The summed E-state index contributed by atoms with van der Waals surface area (Å²) in [5, 5.41) is 4.85. The Bertz CT molecular complexity index is 1320. The maximum Gasteiger partial charge on any atom is 0.174 e. The quantitative estimate of drug-likeness (QED) is 0.293. The van der Waals surface area contributed by atoms with Crippen LogP contribution in [0.2, 0.25) is 5.02 Å². The van der Waals surface area contributed by atoms with Crippen molar-refractivity contribution in [3.8, 4) is 11.3 Å².